The number of nitrogen functional groups attached to an aromatic ring is 1. The summed E-state index contributed by atoms with van der Waals surface area (Å²) in [6.07, 6.45) is 0.859. The highest BCUT2D eigenvalue weighted by molar-refractivity contribution is 5.81. The fraction of sp³-hybridized carbons (Fsp3) is 0.294. The predicted octanol–water partition coefficient (Wildman–Crippen LogP) is 0.302. The lowest BCUT2D eigenvalue weighted by Crippen LogP contribution is -2.18. The van der Waals surface area contributed by atoms with Crippen LogP contribution in [0.25, 0.3) is 11.2 Å². The zero-order valence-electron chi connectivity index (χ0n) is 14.0. The molecule has 136 valence electrons. The van der Waals surface area contributed by atoms with E-state index >= 15 is 0 Å². The summed E-state index contributed by atoms with van der Waals surface area (Å²) in [5.41, 5.74) is 7.73. The fourth-order valence-electron chi connectivity index (χ4n) is 2.79. The van der Waals surface area contributed by atoms with Gasteiger partial charge in [-0.05, 0) is 17.5 Å². The second-order valence-corrected chi connectivity index (χ2v) is 5.96. The van der Waals surface area contributed by atoms with Gasteiger partial charge >= 0.3 is 11.7 Å². The van der Waals surface area contributed by atoms with Crippen LogP contribution in [0.4, 0.5) is 5.82 Å². The summed E-state index contributed by atoms with van der Waals surface area (Å²) in [5.74, 6) is -0.282. The highest BCUT2D eigenvalue weighted by Crippen LogP contribution is 2.16. The van der Waals surface area contributed by atoms with E-state index in [1.54, 1.807) is 18.2 Å². The van der Waals surface area contributed by atoms with Crippen molar-refractivity contribution in [2.45, 2.75) is 25.8 Å². The van der Waals surface area contributed by atoms with Gasteiger partial charge in [0.1, 0.15) is 11.3 Å². The third kappa shape index (κ3) is 3.72. The van der Waals surface area contributed by atoms with Crippen molar-refractivity contribution in [1.29, 1.82) is 0 Å². The van der Waals surface area contributed by atoms with Crippen molar-refractivity contribution in [3.05, 3.63) is 51.7 Å². The van der Waals surface area contributed by atoms with E-state index in [0.29, 0.717) is 35.4 Å². The standard InChI is InChI=1S/C17H19N5O4/c18-15-14-16(20-12(19-15)5-2-6-23)22(17(26)21-14)9-11-4-1-3-10(7-11)8-13(24)25/h1,3-4,7,23H,2,5-6,8-9H2,(H,21,26)(H,24,25)(H2,18,19,20). The van der Waals surface area contributed by atoms with Gasteiger partial charge in [-0.3, -0.25) is 9.36 Å². The van der Waals surface area contributed by atoms with E-state index in [1.807, 2.05) is 6.07 Å². The van der Waals surface area contributed by atoms with E-state index in [9.17, 15) is 9.59 Å². The van der Waals surface area contributed by atoms with Crippen molar-refractivity contribution in [1.82, 2.24) is 19.5 Å². The van der Waals surface area contributed by atoms with Crippen LogP contribution in [0.1, 0.15) is 23.4 Å². The van der Waals surface area contributed by atoms with Gasteiger partial charge in [0.2, 0.25) is 0 Å². The van der Waals surface area contributed by atoms with Crippen LogP contribution >= 0.6 is 0 Å². The van der Waals surface area contributed by atoms with Gasteiger partial charge in [-0.2, -0.15) is 0 Å². The van der Waals surface area contributed by atoms with Crippen molar-refractivity contribution in [3.63, 3.8) is 0 Å². The molecule has 0 saturated carbocycles. The van der Waals surface area contributed by atoms with Crippen LogP contribution in [-0.2, 0) is 24.2 Å². The molecular weight excluding hydrogens is 338 g/mol. The van der Waals surface area contributed by atoms with E-state index < -0.39 is 5.97 Å². The summed E-state index contributed by atoms with van der Waals surface area (Å²) in [7, 11) is 0. The van der Waals surface area contributed by atoms with E-state index in [4.69, 9.17) is 15.9 Å². The summed E-state index contributed by atoms with van der Waals surface area (Å²) < 4.78 is 1.44. The van der Waals surface area contributed by atoms with Gasteiger partial charge < -0.3 is 20.9 Å². The molecule has 9 heteroatoms. The van der Waals surface area contributed by atoms with Crippen molar-refractivity contribution in [3.8, 4) is 0 Å². The van der Waals surface area contributed by atoms with Gasteiger partial charge in [0.15, 0.2) is 11.5 Å². The Hall–Kier alpha value is -3.20. The topological polar surface area (TPSA) is 147 Å². The maximum Gasteiger partial charge on any atom is 0.328 e. The molecule has 0 amide bonds. The molecule has 5 N–H and O–H groups in total. The summed E-state index contributed by atoms with van der Waals surface area (Å²) in [6, 6.07) is 7.04. The summed E-state index contributed by atoms with van der Waals surface area (Å²) >= 11 is 0. The second kappa shape index (κ2) is 7.36. The normalized spacial score (nSPS) is 11.1. The quantitative estimate of drug-likeness (QED) is 0.475. The van der Waals surface area contributed by atoms with E-state index in [0.717, 1.165) is 5.56 Å². The molecule has 0 aliphatic rings. The van der Waals surface area contributed by atoms with Crippen LogP contribution in [0.5, 0.6) is 0 Å². The number of carboxylic acid groups (broad SMARTS) is 1. The number of aliphatic hydroxyl groups excluding tert-OH is 1. The monoisotopic (exact) mass is 357 g/mol. The zero-order chi connectivity index (χ0) is 18.7. The van der Waals surface area contributed by atoms with Crippen LogP contribution in [-0.4, -0.2) is 42.3 Å². The zero-order valence-corrected chi connectivity index (χ0v) is 14.0. The molecule has 0 atom stereocenters. The Bertz CT molecular complexity index is 1010. The van der Waals surface area contributed by atoms with Crippen molar-refractivity contribution in [2.75, 3.05) is 12.3 Å². The molecule has 2 aromatic heterocycles. The molecule has 3 rings (SSSR count). The Morgan fingerprint density at radius 1 is 1.27 bits per heavy atom. The van der Waals surface area contributed by atoms with Gasteiger partial charge in [-0.1, -0.05) is 24.3 Å². The summed E-state index contributed by atoms with van der Waals surface area (Å²) in [4.78, 5) is 34.4. The number of aromatic amines is 1. The Kier molecular flexibility index (Phi) is 4.99. The number of rotatable bonds is 7. The van der Waals surface area contributed by atoms with Crippen LogP contribution in [0.3, 0.4) is 0 Å². The molecule has 0 radical (unpaired) electrons. The number of aliphatic carboxylic acids is 1. The lowest BCUT2D eigenvalue weighted by Gasteiger charge is -2.07. The van der Waals surface area contributed by atoms with Crippen molar-refractivity contribution >= 4 is 23.0 Å². The average molecular weight is 357 g/mol. The first-order valence-electron chi connectivity index (χ1n) is 8.13. The SMILES string of the molecule is Nc1nc(CCCO)nc2c1[nH]c(=O)n2Cc1cccc(CC(=O)O)c1. The minimum absolute atomic E-state index is 0.0115. The molecule has 0 spiro atoms. The molecule has 1 aromatic carbocycles. The van der Waals surface area contributed by atoms with Crippen LogP contribution < -0.4 is 11.4 Å². The minimum Gasteiger partial charge on any atom is -0.481 e. The van der Waals surface area contributed by atoms with E-state index in [1.165, 1.54) is 4.57 Å². The van der Waals surface area contributed by atoms with Crippen LogP contribution in [0.15, 0.2) is 29.1 Å². The highest BCUT2D eigenvalue weighted by Gasteiger charge is 2.14. The molecule has 0 fully saturated rings. The molecule has 2 heterocycles. The number of nitrogens with two attached hydrogens (primary N) is 1. The number of nitrogens with zero attached hydrogens (tertiary/aromatic N) is 3. The number of hydrogen-bond donors (Lipinski definition) is 4. The highest BCUT2D eigenvalue weighted by atomic mass is 16.4. The summed E-state index contributed by atoms with van der Waals surface area (Å²) in [5, 5.41) is 17.9. The largest absolute Gasteiger partial charge is 0.481 e. The molecule has 26 heavy (non-hydrogen) atoms. The molecule has 0 aliphatic heterocycles. The number of aryl methyl sites for hydroxylation is 1. The first kappa shape index (κ1) is 17.6. The van der Waals surface area contributed by atoms with Gasteiger partial charge in [0, 0.05) is 13.0 Å². The Morgan fingerprint density at radius 2 is 2.04 bits per heavy atom. The number of carbonyl (C=O) groups is 1. The fourth-order valence-corrected chi connectivity index (χ4v) is 2.79. The Morgan fingerprint density at radius 3 is 2.77 bits per heavy atom. The average Bonchev–Trinajstić information content (AvgIpc) is 2.89. The molecule has 0 unspecified atom stereocenters. The summed E-state index contributed by atoms with van der Waals surface area (Å²) in [6.45, 7) is 0.236. The van der Waals surface area contributed by atoms with Gasteiger partial charge in [-0.15, -0.1) is 0 Å². The number of benzene rings is 1. The smallest absolute Gasteiger partial charge is 0.328 e. The molecule has 9 nitrogen and oxygen atoms in total. The van der Waals surface area contributed by atoms with Gasteiger partial charge in [-0.25, -0.2) is 14.8 Å². The first-order chi connectivity index (χ1) is 12.5. The molecule has 0 bridgehead atoms. The number of aromatic nitrogens is 4. The number of H-pyrrole nitrogens is 1. The van der Waals surface area contributed by atoms with Crippen molar-refractivity contribution in [2.24, 2.45) is 0 Å². The van der Waals surface area contributed by atoms with Crippen LogP contribution in [0.2, 0.25) is 0 Å². The maximum atomic E-state index is 12.3. The number of imidazole rings is 1. The van der Waals surface area contributed by atoms with Crippen molar-refractivity contribution < 1.29 is 15.0 Å². The Balaban J connectivity index is 1.99. The third-order valence-corrected chi connectivity index (χ3v) is 3.94. The predicted molar refractivity (Wildman–Crippen MR) is 94.9 cm³/mol. The molecule has 3 aromatic rings. The number of aliphatic hydroxyl groups is 1. The lowest BCUT2D eigenvalue weighted by molar-refractivity contribution is -0.136. The molecule has 0 saturated heterocycles. The number of anilines is 1. The molecule has 0 aliphatic carbocycles. The number of hydrogen-bond acceptors (Lipinski definition) is 6. The van der Waals surface area contributed by atoms with Gasteiger partial charge in [0.05, 0.1) is 13.0 Å². The van der Waals surface area contributed by atoms with Gasteiger partial charge in [0.25, 0.3) is 0 Å². The maximum absolute atomic E-state index is 12.3. The number of carboxylic acids is 1. The van der Waals surface area contributed by atoms with E-state index in [2.05, 4.69) is 15.0 Å². The molecular formula is C17H19N5O4. The number of fused-ring (bicyclic) bond motifs is 1. The first-order valence-corrected chi connectivity index (χ1v) is 8.13. The lowest BCUT2D eigenvalue weighted by atomic mass is 10.1. The second-order valence-electron chi connectivity index (χ2n) is 5.96. The minimum atomic E-state index is -0.916. The van der Waals surface area contributed by atoms with Crippen LogP contribution in [0, 0.1) is 0 Å². The van der Waals surface area contributed by atoms with E-state index in [-0.39, 0.29) is 31.1 Å². The third-order valence-electron chi connectivity index (χ3n) is 3.94. The number of nitrogens with one attached hydrogen (secondary N) is 1. The Labute approximate surface area is 148 Å².